The maximum Gasteiger partial charge on any atom is 0.202 e. The van der Waals surface area contributed by atoms with Gasteiger partial charge in [0.25, 0.3) is 0 Å². The number of hydrogen-bond acceptors (Lipinski definition) is 5. The van der Waals surface area contributed by atoms with E-state index >= 15 is 0 Å². The molecule has 92 valence electrons. The van der Waals surface area contributed by atoms with E-state index in [-0.39, 0.29) is 0 Å². The van der Waals surface area contributed by atoms with Gasteiger partial charge in [0, 0.05) is 10.6 Å². The van der Waals surface area contributed by atoms with Crippen LogP contribution in [0.3, 0.4) is 0 Å². The van der Waals surface area contributed by atoms with Crippen LogP contribution in [0.2, 0.25) is 0 Å². The predicted octanol–water partition coefficient (Wildman–Crippen LogP) is 2.14. The summed E-state index contributed by atoms with van der Waals surface area (Å²) in [6.07, 6.45) is 0. The van der Waals surface area contributed by atoms with E-state index in [2.05, 4.69) is 15.0 Å². The molecule has 0 fully saturated rings. The van der Waals surface area contributed by atoms with E-state index in [0.717, 1.165) is 22.6 Å². The zero-order chi connectivity index (χ0) is 12.7. The molecule has 0 radical (unpaired) electrons. The van der Waals surface area contributed by atoms with Crippen LogP contribution in [0.25, 0.3) is 11.2 Å². The first-order valence-corrected chi connectivity index (χ1v) is 6.51. The Morgan fingerprint density at radius 2 is 2.11 bits per heavy atom. The molecule has 0 spiro atoms. The number of nitrogens with two attached hydrogens (primary N) is 1. The average molecular weight is 259 g/mol. The third kappa shape index (κ3) is 1.74. The first kappa shape index (κ1) is 11.2. The van der Waals surface area contributed by atoms with Crippen LogP contribution >= 0.6 is 11.3 Å². The Balaban J connectivity index is 2.13. The molecule has 0 unspecified atom stereocenters. The monoisotopic (exact) mass is 259 g/mol. The summed E-state index contributed by atoms with van der Waals surface area (Å²) in [7, 11) is 0. The topological polar surface area (TPSA) is 69.6 Å². The van der Waals surface area contributed by atoms with Crippen LogP contribution in [0.1, 0.15) is 16.3 Å². The zero-order valence-corrected chi connectivity index (χ0v) is 11.0. The Hall–Kier alpha value is -1.95. The fourth-order valence-electron chi connectivity index (χ4n) is 1.89. The lowest BCUT2D eigenvalue weighted by Crippen LogP contribution is -2.05. The molecule has 0 atom stereocenters. The Bertz CT molecular complexity index is 712. The van der Waals surface area contributed by atoms with E-state index in [1.807, 2.05) is 36.1 Å². The summed E-state index contributed by atoms with van der Waals surface area (Å²) in [5.41, 5.74) is 11.5. The van der Waals surface area contributed by atoms with Gasteiger partial charge in [0.1, 0.15) is 5.52 Å². The normalized spacial score (nSPS) is 11.2. The van der Waals surface area contributed by atoms with Gasteiger partial charge in [-0.1, -0.05) is 0 Å². The highest BCUT2D eigenvalue weighted by Gasteiger charge is 2.12. The summed E-state index contributed by atoms with van der Waals surface area (Å²) in [6, 6.07) is 3.89. The molecule has 6 heteroatoms. The molecule has 0 saturated heterocycles. The van der Waals surface area contributed by atoms with Crippen molar-refractivity contribution in [3.05, 3.63) is 33.9 Å². The van der Waals surface area contributed by atoms with Crippen LogP contribution < -0.4 is 5.73 Å². The van der Waals surface area contributed by atoms with Crippen LogP contribution in [-0.2, 0) is 6.54 Å². The van der Waals surface area contributed by atoms with Crippen molar-refractivity contribution in [2.75, 3.05) is 5.73 Å². The molecule has 3 aromatic rings. The second-order valence-electron chi connectivity index (χ2n) is 4.21. The second kappa shape index (κ2) is 4.06. The molecule has 0 aliphatic heterocycles. The number of pyridine rings is 1. The zero-order valence-electron chi connectivity index (χ0n) is 10.2. The minimum absolute atomic E-state index is 0.496. The molecule has 0 bridgehead atoms. The van der Waals surface area contributed by atoms with Crippen LogP contribution in [0.4, 0.5) is 5.95 Å². The molecular formula is C12H13N5S. The van der Waals surface area contributed by atoms with Crippen molar-refractivity contribution in [2.45, 2.75) is 20.4 Å². The number of fused-ring (bicyclic) bond motifs is 1. The summed E-state index contributed by atoms with van der Waals surface area (Å²) in [6.45, 7) is 4.64. The Kier molecular flexibility index (Phi) is 2.52. The van der Waals surface area contributed by atoms with Gasteiger partial charge in [-0.15, -0.1) is 11.3 Å². The molecule has 2 N–H and O–H groups in total. The number of hydrogen-bond donors (Lipinski definition) is 1. The summed E-state index contributed by atoms with van der Waals surface area (Å²) in [5.74, 6) is 0.496. The third-order valence-electron chi connectivity index (χ3n) is 2.91. The van der Waals surface area contributed by atoms with E-state index in [9.17, 15) is 0 Å². The minimum atomic E-state index is 0.496. The number of nitrogens with zero attached hydrogens (tertiary/aromatic N) is 4. The predicted molar refractivity (Wildman–Crippen MR) is 72.6 cm³/mol. The van der Waals surface area contributed by atoms with Crippen molar-refractivity contribution in [2.24, 2.45) is 0 Å². The number of thiazole rings is 1. The maximum atomic E-state index is 5.97. The average Bonchev–Trinajstić information content (AvgIpc) is 2.86. The molecule has 0 aliphatic carbocycles. The fraction of sp³-hybridized carbons (Fsp3) is 0.250. The van der Waals surface area contributed by atoms with E-state index in [0.29, 0.717) is 12.5 Å². The van der Waals surface area contributed by atoms with E-state index in [1.165, 1.54) is 4.88 Å². The fourth-order valence-corrected chi connectivity index (χ4v) is 2.66. The van der Waals surface area contributed by atoms with Crippen molar-refractivity contribution in [3.8, 4) is 0 Å². The van der Waals surface area contributed by atoms with Gasteiger partial charge in [0.15, 0.2) is 5.65 Å². The lowest BCUT2D eigenvalue weighted by Gasteiger charge is -2.04. The van der Waals surface area contributed by atoms with Crippen molar-refractivity contribution in [1.82, 2.24) is 19.5 Å². The number of imidazole rings is 1. The van der Waals surface area contributed by atoms with Crippen molar-refractivity contribution in [3.63, 3.8) is 0 Å². The largest absolute Gasteiger partial charge is 0.369 e. The Morgan fingerprint density at radius 3 is 2.83 bits per heavy atom. The third-order valence-corrected chi connectivity index (χ3v) is 3.83. The lowest BCUT2D eigenvalue weighted by molar-refractivity contribution is 0.830. The number of aryl methyl sites for hydroxylation is 2. The quantitative estimate of drug-likeness (QED) is 0.765. The van der Waals surface area contributed by atoms with Crippen LogP contribution in [0.15, 0.2) is 17.6 Å². The van der Waals surface area contributed by atoms with Gasteiger partial charge in [-0.25, -0.2) is 15.0 Å². The molecule has 5 nitrogen and oxygen atoms in total. The van der Waals surface area contributed by atoms with E-state index < -0.39 is 0 Å². The molecule has 0 aromatic carbocycles. The van der Waals surface area contributed by atoms with E-state index in [1.54, 1.807) is 11.3 Å². The van der Waals surface area contributed by atoms with E-state index in [4.69, 9.17) is 5.73 Å². The number of rotatable bonds is 2. The Labute approximate surface area is 108 Å². The molecular weight excluding hydrogens is 246 g/mol. The summed E-state index contributed by atoms with van der Waals surface area (Å²) >= 11 is 1.63. The highest BCUT2D eigenvalue weighted by atomic mass is 32.1. The van der Waals surface area contributed by atoms with Gasteiger partial charge in [-0.2, -0.15) is 0 Å². The summed E-state index contributed by atoms with van der Waals surface area (Å²) < 4.78 is 1.93. The van der Waals surface area contributed by atoms with Gasteiger partial charge in [0.05, 0.1) is 17.7 Å². The number of nitrogen functional groups attached to an aromatic ring is 1. The summed E-state index contributed by atoms with van der Waals surface area (Å²) in [5, 5.41) is 0. The molecule has 0 saturated carbocycles. The van der Waals surface area contributed by atoms with Crippen molar-refractivity contribution < 1.29 is 0 Å². The number of anilines is 1. The van der Waals surface area contributed by atoms with Gasteiger partial charge in [0.2, 0.25) is 5.95 Å². The second-order valence-corrected chi connectivity index (χ2v) is 5.15. The van der Waals surface area contributed by atoms with Gasteiger partial charge >= 0.3 is 0 Å². The molecule has 0 amide bonds. The van der Waals surface area contributed by atoms with Crippen LogP contribution in [0, 0.1) is 13.8 Å². The maximum absolute atomic E-state index is 5.97. The molecule has 0 aliphatic rings. The van der Waals surface area contributed by atoms with Crippen LogP contribution in [0.5, 0.6) is 0 Å². The lowest BCUT2D eigenvalue weighted by atomic mass is 10.3. The molecule has 3 aromatic heterocycles. The standard InChI is InChI=1S/C12H13N5S/c1-7-3-4-9-11(15-7)17(12(13)16-9)5-10-8(2)14-6-18-10/h3-4,6H,5H2,1-2H3,(H2,13,16). The Morgan fingerprint density at radius 1 is 1.28 bits per heavy atom. The number of aromatic nitrogens is 4. The summed E-state index contributed by atoms with van der Waals surface area (Å²) in [4.78, 5) is 14.3. The van der Waals surface area contributed by atoms with Gasteiger partial charge < -0.3 is 5.73 Å². The molecule has 3 rings (SSSR count). The van der Waals surface area contributed by atoms with Crippen LogP contribution in [-0.4, -0.2) is 19.5 Å². The highest BCUT2D eigenvalue weighted by molar-refractivity contribution is 7.09. The van der Waals surface area contributed by atoms with Crippen molar-refractivity contribution >= 4 is 28.4 Å². The van der Waals surface area contributed by atoms with Gasteiger partial charge in [-0.3, -0.25) is 4.57 Å². The van der Waals surface area contributed by atoms with Crippen molar-refractivity contribution in [1.29, 1.82) is 0 Å². The first-order chi connectivity index (χ1) is 8.65. The first-order valence-electron chi connectivity index (χ1n) is 5.63. The SMILES string of the molecule is Cc1ccc2nc(N)n(Cc3scnc3C)c2n1. The molecule has 3 heterocycles. The smallest absolute Gasteiger partial charge is 0.202 e. The minimum Gasteiger partial charge on any atom is -0.369 e. The van der Waals surface area contributed by atoms with Gasteiger partial charge in [-0.05, 0) is 26.0 Å². The molecule has 18 heavy (non-hydrogen) atoms. The highest BCUT2D eigenvalue weighted by Crippen LogP contribution is 2.21.